The molecule has 0 radical (unpaired) electrons. The van der Waals surface area contributed by atoms with Crippen molar-refractivity contribution >= 4 is 33.9 Å². The van der Waals surface area contributed by atoms with E-state index in [1.54, 1.807) is 6.07 Å². The summed E-state index contributed by atoms with van der Waals surface area (Å²) >= 11 is 5.44. The van der Waals surface area contributed by atoms with Crippen molar-refractivity contribution in [2.45, 2.75) is 6.54 Å². The molecule has 2 aromatic carbocycles. The van der Waals surface area contributed by atoms with E-state index in [9.17, 15) is 4.79 Å². The van der Waals surface area contributed by atoms with E-state index in [1.807, 2.05) is 66.5 Å². The molecule has 0 amide bonds. The fourth-order valence-electron chi connectivity index (χ4n) is 2.48. The summed E-state index contributed by atoms with van der Waals surface area (Å²) in [6.45, 7) is 0.559. The van der Waals surface area contributed by atoms with Gasteiger partial charge in [-0.2, -0.15) is 0 Å². The second kappa shape index (κ2) is 6.62. The van der Waals surface area contributed by atoms with Crippen LogP contribution in [0.4, 0.5) is 5.69 Å². The van der Waals surface area contributed by atoms with Gasteiger partial charge >= 0.3 is 0 Å². The maximum Gasteiger partial charge on any atom is 0.248 e. The highest BCUT2D eigenvalue weighted by atomic mass is 32.1. The zero-order valence-electron chi connectivity index (χ0n) is 12.7. The zero-order chi connectivity index (χ0) is 16.2. The molecular formula is C18H17N3OS. The Kier molecular flexibility index (Phi) is 4.39. The van der Waals surface area contributed by atoms with Crippen molar-refractivity contribution in [1.82, 2.24) is 9.88 Å². The molecular weight excluding hydrogens is 306 g/mol. The molecule has 0 fully saturated rings. The van der Waals surface area contributed by atoms with E-state index in [0.29, 0.717) is 11.7 Å². The summed E-state index contributed by atoms with van der Waals surface area (Å²) in [5.41, 5.74) is 2.63. The lowest BCUT2D eigenvalue weighted by Gasteiger charge is -2.21. The maximum atomic E-state index is 11.8. The van der Waals surface area contributed by atoms with Gasteiger partial charge in [0.05, 0.1) is 0 Å². The molecule has 3 aromatic rings. The third-order valence-corrected chi connectivity index (χ3v) is 4.03. The number of thiocarbonyl (C=S) groups is 1. The van der Waals surface area contributed by atoms with Crippen molar-refractivity contribution in [2.24, 2.45) is 0 Å². The minimum Gasteiger partial charge on any atom is -0.348 e. The van der Waals surface area contributed by atoms with Gasteiger partial charge in [0, 0.05) is 36.2 Å². The highest BCUT2D eigenvalue weighted by Gasteiger charge is 2.09. The number of aromatic amines is 1. The first-order chi connectivity index (χ1) is 11.1. The Morgan fingerprint density at radius 2 is 1.83 bits per heavy atom. The highest BCUT2D eigenvalue weighted by molar-refractivity contribution is 7.80. The fraction of sp³-hybridized carbons (Fsp3) is 0.111. The van der Waals surface area contributed by atoms with Crippen molar-refractivity contribution in [3.63, 3.8) is 0 Å². The van der Waals surface area contributed by atoms with Crippen LogP contribution in [0.25, 0.3) is 10.9 Å². The number of nitrogens with one attached hydrogen (secondary N) is 2. The number of H-pyrrole nitrogens is 1. The third-order valence-electron chi connectivity index (χ3n) is 3.62. The summed E-state index contributed by atoms with van der Waals surface area (Å²) in [6.07, 6.45) is 0. The van der Waals surface area contributed by atoms with E-state index in [2.05, 4.69) is 10.3 Å². The van der Waals surface area contributed by atoms with Crippen molar-refractivity contribution in [3.05, 3.63) is 76.6 Å². The molecule has 0 aliphatic heterocycles. The van der Waals surface area contributed by atoms with E-state index < -0.39 is 0 Å². The number of anilines is 1. The van der Waals surface area contributed by atoms with Crippen LogP contribution in [0.3, 0.4) is 0 Å². The summed E-state index contributed by atoms with van der Waals surface area (Å²) in [5.74, 6) is 0. The lowest BCUT2D eigenvalue weighted by atomic mass is 10.1. The van der Waals surface area contributed by atoms with Crippen LogP contribution in [0.2, 0.25) is 0 Å². The summed E-state index contributed by atoms with van der Waals surface area (Å²) < 4.78 is 0. The SMILES string of the molecule is CN(Cc1cc(=O)[nH]c2ccccc12)C(=S)Nc1ccccc1. The van der Waals surface area contributed by atoms with Gasteiger partial charge in [-0.05, 0) is 36.0 Å². The maximum absolute atomic E-state index is 11.8. The van der Waals surface area contributed by atoms with Gasteiger partial charge in [-0.1, -0.05) is 36.4 Å². The number of aromatic nitrogens is 1. The Morgan fingerprint density at radius 3 is 2.61 bits per heavy atom. The standard InChI is InChI=1S/C18H17N3OS/c1-21(18(23)19-14-7-3-2-4-8-14)12-13-11-17(22)20-16-10-6-5-9-15(13)16/h2-11H,12H2,1H3,(H,19,23)(H,20,22). The molecule has 5 heteroatoms. The van der Waals surface area contributed by atoms with Crippen LogP contribution >= 0.6 is 12.2 Å². The average Bonchev–Trinajstić information content (AvgIpc) is 2.55. The van der Waals surface area contributed by atoms with Crippen LogP contribution in [-0.4, -0.2) is 22.0 Å². The molecule has 2 N–H and O–H groups in total. The van der Waals surface area contributed by atoms with Gasteiger partial charge in [-0.15, -0.1) is 0 Å². The van der Waals surface area contributed by atoms with Crippen LogP contribution in [0.15, 0.2) is 65.5 Å². The average molecular weight is 323 g/mol. The minimum atomic E-state index is -0.103. The van der Waals surface area contributed by atoms with E-state index in [-0.39, 0.29) is 5.56 Å². The van der Waals surface area contributed by atoms with Crippen molar-refractivity contribution in [2.75, 3.05) is 12.4 Å². The number of para-hydroxylation sites is 2. The lowest BCUT2D eigenvalue weighted by Crippen LogP contribution is -2.31. The molecule has 0 spiro atoms. The summed E-state index contributed by atoms with van der Waals surface area (Å²) in [5, 5.41) is 4.84. The largest absolute Gasteiger partial charge is 0.348 e. The molecule has 0 aliphatic carbocycles. The van der Waals surface area contributed by atoms with E-state index >= 15 is 0 Å². The Balaban J connectivity index is 1.81. The van der Waals surface area contributed by atoms with Gasteiger partial charge in [-0.3, -0.25) is 4.79 Å². The first-order valence-corrected chi connectivity index (χ1v) is 7.72. The van der Waals surface area contributed by atoms with Gasteiger partial charge in [0.25, 0.3) is 0 Å². The number of pyridine rings is 1. The lowest BCUT2D eigenvalue weighted by molar-refractivity contribution is 0.510. The quantitative estimate of drug-likeness (QED) is 0.726. The predicted octanol–water partition coefficient (Wildman–Crippen LogP) is 3.36. The fourth-order valence-corrected chi connectivity index (χ4v) is 2.66. The van der Waals surface area contributed by atoms with Crippen LogP contribution in [0.5, 0.6) is 0 Å². The van der Waals surface area contributed by atoms with Crippen LogP contribution in [0.1, 0.15) is 5.56 Å². The molecule has 0 saturated heterocycles. The molecule has 1 aromatic heterocycles. The smallest absolute Gasteiger partial charge is 0.248 e. The minimum absolute atomic E-state index is 0.103. The molecule has 116 valence electrons. The molecule has 0 saturated carbocycles. The molecule has 3 rings (SSSR count). The third kappa shape index (κ3) is 3.57. The van der Waals surface area contributed by atoms with Crippen molar-refractivity contribution in [3.8, 4) is 0 Å². The second-order valence-corrected chi connectivity index (χ2v) is 5.74. The van der Waals surface area contributed by atoms with Gasteiger partial charge in [0.1, 0.15) is 0 Å². The van der Waals surface area contributed by atoms with Crippen molar-refractivity contribution in [1.29, 1.82) is 0 Å². The van der Waals surface area contributed by atoms with Crippen LogP contribution < -0.4 is 10.9 Å². The van der Waals surface area contributed by atoms with Gasteiger partial charge in [0.15, 0.2) is 5.11 Å². The highest BCUT2D eigenvalue weighted by Crippen LogP contribution is 2.16. The van der Waals surface area contributed by atoms with E-state index in [0.717, 1.165) is 22.2 Å². The summed E-state index contributed by atoms with van der Waals surface area (Å²) in [4.78, 5) is 16.6. The molecule has 1 heterocycles. The van der Waals surface area contributed by atoms with E-state index in [4.69, 9.17) is 12.2 Å². The number of hydrogen-bond acceptors (Lipinski definition) is 2. The molecule has 23 heavy (non-hydrogen) atoms. The molecule has 0 unspecified atom stereocenters. The Hall–Kier alpha value is -2.66. The van der Waals surface area contributed by atoms with Gasteiger partial charge in [-0.25, -0.2) is 0 Å². The zero-order valence-corrected chi connectivity index (χ0v) is 13.6. The predicted molar refractivity (Wildman–Crippen MR) is 98.7 cm³/mol. The van der Waals surface area contributed by atoms with Gasteiger partial charge < -0.3 is 15.2 Å². The van der Waals surface area contributed by atoms with Gasteiger partial charge in [0.2, 0.25) is 5.56 Å². The number of nitrogens with zero attached hydrogens (tertiary/aromatic N) is 1. The molecule has 0 aliphatic rings. The van der Waals surface area contributed by atoms with Crippen LogP contribution in [-0.2, 0) is 6.54 Å². The Labute approximate surface area is 139 Å². The first kappa shape index (κ1) is 15.2. The monoisotopic (exact) mass is 323 g/mol. The number of benzene rings is 2. The Morgan fingerprint density at radius 1 is 1.13 bits per heavy atom. The van der Waals surface area contributed by atoms with E-state index in [1.165, 1.54) is 0 Å². The molecule has 4 nitrogen and oxygen atoms in total. The first-order valence-electron chi connectivity index (χ1n) is 7.31. The number of fused-ring (bicyclic) bond motifs is 1. The molecule has 0 bridgehead atoms. The summed E-state index contributed by atoms with van der Waals surface area (Å²) in [7, 11) is 1.91. The second-order valence-electron chi connectivity index (χ2n) is 5.36. The molecule has 0 atom stereocenters. The number of hydrogen-bond donors (Lipinski definition) is 2. The van der Waals surface area contributed by atoms with Crippen molar-refractivity contribution < 1.29 is 0 Å². The topological polar surface area (TPSA) is 48.1 Å². The number of rotatable bonds is 3. The Bertz CT molecular complexity index is 889. The van der Waals surface area contributed by atoms with Crippen LogP contribution in [0, 0.1) is 0 Å². The summed E-state index contributed by atoms with van der Waals surface area (Å²) in [6, 6.07) is 19.2. The normalized spacial score (nSPS) is 10.5.